The molecule has 0 radical (unpaired) electrons. The van der Waals surface area contributed by atoms with E-state index in [-0.39, 0.29) is 30.9 Å². The molecule has 1 aromatic heterocycles. The maximum atomic E-state index is 14.3. The van der Waals surface area contributed by atoms with Crippen LogP contribution in [0.1, 0.15) is 51.0 Å². The van der Waals surface area contributed by atoms with Crippen molar-refractivity contribution in [3.05, 3.63) is 53.3 Å². The molecule has 1 saturated heterocycles. The van der Waals surface area contributed by atoms with Crippen molar-refractivity contribution in [3.8, 4) is 5.75 Å². The average Bonchev–Trinajstić information content (AvgIpc) is 3.42. The summed E-state index contributed by atoms with van der Waals surface area (Å²) in [6.45, 7) is 3.16. The van der Waals surface area contributed by atoms with Crippen molar-refractivity contribution in [2.24, 2.45) is 11.3 Å². The standard InChI is InChI=1S/C27H32F2N2O3/c1-17-13-23(34-2)21(20-7-11-30-24(17)20)15-31-12-10-26(8-9-27(28,29)16-26)14-22(31)18-3-5-19(6-4-18)25(32)33/h3,5-7,11,13,18,22,30H,4,8-10,12,14-16H2,1-2H3,(H,32,33)/i18D. The van der Waals surface area contributed by atoms with Crippen molar-refractivity contribution in [1.29, 1.82) is 0 Å². The molecule has 3 aliphatic rings. The molecule has 2 heterocycles. The summed E-state index contributed by atoms with van der Waals surface area (Å²) in [4.78, 5) is 17.0. The molecule has 1 aromatic carbocycles. The van der Waals surface area contributed by atoms with Crippen molar-refractivity contribution in [2.75, 3.05) is 13.7 Å². The Hall–Kier alpha value is -2.67. The van der Waals surface area contributed by atoms with E-state index < -0.39 is 23.2 Å². The molecule has 1 spiro atoms. The number of hydrogen-bond acceptors (Lipinski definition) is 3. The van der Waals surface area contributed by atoms with Gasteiger partial charge in [-0.05, 0) is 68.2 Å². The molecule has 7 heteroatoms. The van der Waals surface area contributed by atoms with E-state index in [1.807, 2.05) is 25.3 Å². The Morgan fingerprint density at radius 2 is 2.21 bits per heavy atom. The number of nitrogens with one attached hydrogen (secondary N) is 1. The maximum Gasteiger partial charge on any atom is 0.335 e. The van der Waals surface area contributed by atoms with Gasteiger partial charge in [0.25, 0.3) is 0 Å². The number of nitrogens with zero attached hydrogens (tertiary/aromatic N) is 1. The minimum atomic E-state index is -2.65. The fourth-order valence-electron chi connectivity index (χ4n) is 6.24. The zero-order chi connectivity index (χ0) is 25.0. The number of H-pyrrole nitrogens is 1. The van der Waals surface area contributed by atoms with Crippen LogP contribution in [0.3, 0.4) is 0 Å². The number of methoxy groups -OCH3 is 1. The summed E-state index contributed by atoms with van der Waals surface area (Å²) in [7, 11) is 1.65. The molecule has 2 aromatic rings. The first-order valence-corrected chi connectivity index (χ1v) is 11.9. The normalized spacial score (nSPS) is 31.6. The summed E-state index contributed by atoms with van der Waals surface area (Å²) in [6.07, 6.45) is 8.30. The van der Waals surface area contributed by atoms with Crippen LogP contribution in [0.5, 0.6) is 5.75 Å². The molecule has 182 valence electrons. The van der Waals surface area contributed by atoms with Crippen molar-refractivity contribution >= 4 is 16.9 Å². The molecule has 5 rings (SSSR count). The van der Waals surface area contributed by atoms with Gasteiger partial charge in [0, 0.05) is 49.5 Å². The van der Waals surface area contributed by atoms with Crippen LogP contribution >= 0.6 is 0 Å². The van der Waals surface area contributed by atoms with Crippen molar-refractivity contribution < 1.29 is 24.8 Å². The Morgan fingerprint density at radius 3 is 2.85 bits per heavy atom. The molecule has 1 aliphatic heterocycles. The molecule has 2 fully saturated rings. The predicted molar refractivity (Wildman–Crippen MR) is 127 cm³/mol. The van der Waals surface area contributed by atoms with E-state index in [9.17, 15) is 20.1 Å². The van der Waals surface area contributed by atoms with Gasteiger partial charge in [0.05, 0.1) is 12.7 Å². The van der Waals surface area contributed by atoms with Gasteiger partial charge in [0.2, 0.25) is 5.92 Å². The van der Waals surface area contributed by atoms with E-state index in [1.54, 1.807) is 19.3 Å². The minimum Gasteiger partial charge on any atom is -0.496 e. The topological polar surface area (TPSA) is 65.6 Å². The largest absolute Gasteiger partial charge is 0.496 e. The quantitative estimate of drug-likeness (QED) is 0.575. The van der Waals surface area contributed by atoms with Crippen LogP contribution in [0.4, 0.5) is 8.78 Å². The fourth-order valence-corrected chi connectivity index (χ4v) is 6.24. The van der Waals surface area contributed by atoms with Gasteiger partial charge in [-0.1, -0.05) is 18.2 Å². The number of likely N-dealkylation sites (tertiary alicyclic amines) is 1. The number of carbonyl (C=O) groups is 1. The van der Waals surface area contributed by atoms with Gasteiger partial charge < -0.3 is 14.8 Å². The zero-order valence-electron chi connectivity index (χ0n) is 20.7. The number of carboxylic acid groups (broad SMARTS) is 1. The van der Waals surface area contributed by atoms with Gasteiger partial charge in [-0.15, -0.1) is 0 Å². The summed E-state index contributed by atoms with van der Waals surface area (Å²) in [6, 6.07) is 3.70. The Labute approximate surface area is 199 Å². The van der Waals surface area contributed by atoms with Crippen molar-refractivity contribution in [2.45, 2.75) is 64.0 Å². The number of carboxylic acids is 1. The molecule has 2 N–H and O–H groups in total. The summed E-state index contributed by atoms with van der Waals surface area (Å²) in [5.41, 5.74) is 2.81. The van der Waals surface area contributed by atoms with E-state index in [0.29, 0.717) is 32.4 Å². The maximum absolute atomic E-state index is 14.3. The van der Waals surface area contributed by atoms with Crippen LogP contribution in [-0.4, -0.2) is 46.6 Å². The number of alkyl halides is 2. The molecular formula is C27H32F2N2O3. The van der Waals surface area contributed by atoms with E-state index in [0.717, 1.165) is 27.8 Å². The van der Waals surface area contributed by atoms with Crippen molar-refractivity contribution in [3.63, 3.8) is 0 Å². The third-order valence-corrected chi connectivity index (χ3v) is 8.05. The molecule has 0 bridgehead atoms. The molecule has 0 amide bonds. The van der Waals surface area contributed by atoms with Crippen LogP contribution < -0.4 is 4.74 Å². The van der Waals surface area contributed by atoms with Crippen LogP contribution in [0.15, 0.2) is 42.1 Å². The van der Waals surface area contributed by atoms with Gasteiger partial charge in [-0.2, -0.15) is 0 Å². The Morgan fingerprint density at radius 1 is 1.38 bits per heavy atom. The van der Waals surface area contributed by atoms with E-state index in [1.165, 1.54) is 6.08 Å². The average molecular weight is 472 g/mol. The van der Waals surface area contributed by atoms with Crippen LogP contribution in [0.25, 0.3) is 10.9 Å². The minimum absolute atomic E-state index is 0.0978. The highest BCUT2D eigenvalue weighted by atomic mass is 19.3. The number of aliphatic carboxylic acids is 1. The number of benzene rings is 1. The van der Waals surface area contributed by atoms with Gasteiger partial charge in [-0.3, -0.25) is 4.90 Å². The number of hydrogen-bond donors (Lipinski definition) is 2. The Balaban J connectivity index is 1.51. The first kappa shape index (κ1) is 21.8. The molecule has 3 atom stereocenters. The summed E-state index contributed by atoms with van der Waals surface area (Å²) < 4.78 is 43.8. The lowest BCUT2D eigenvalue weighted by Gasteiger charge is -2.48. The smallest absolute Gasteiger partial charge is 0.335 e. The summed E-state index contributed by atoms with van der Waals surface area (Å²) in [5, 5.41) is 10.4. The number of aromatic nitrogens is 1. The molecular weight excluding hydrogens is 438 g/mol. The molecule has 2 aliphatic carbocycles. The zero-order valence-corrected chi connectivity index (χ0v) is 19.7. The number of ether oxygens (including phenoxy) is 1. The van der Waals surface area contributed by atoms with E-state index >= 15 is 0 Å². The highest BCUT2D eigenvalue weighted by Gasteiger charge is 2.52. The third kappa shape index (κ3) is 4.15. The fraction of sp³-hybridized carbons (Fsp3) is 0.519. The number of aromatic amines is 1. The number of aryl methyl sites for hydroxylation is 1. The monoisotopic (exact) mass is 471 g/mol. The SMILES string of the molecule is [2H]C1(C2CC3(CCN2Cc2c(OC)cc(C)c4[nH]ccc24)CCC(F)(F)C3)C=CC(C(=O)O)=CC1. The number of fused-ring (bicyclic) bond motifs is 1. The first-order chi connectivity index (χ1) is 16.5. The third-order valence-electron chi connectivity index (χ3n) is 8.05. The second-order valence-electron chi connectivity index (χ2n) is 10.2. The van der Waals surface area contributed by atoms with Crippen molar-refractivity contribution in [1.82, 2.24) is 9.88 Å². The Bertz CT molecular complexity index is 1220. The highest BCUT2D eigenvalue weighted by molar-refractivity contribution is 5.90. The van der Waals surface area contributed by atoms with Crippen LogP contribution in [0, 0.1) is 18.2 Å². The van der Waals surface area contributed by atoms with E-state index in [2.05, 4.69) is 9.88 Å². The van der Waals surface area contributed by atoms with Gasteiger partial charge in [0.1, 0.15) is 5.75 Å². The lowest BCUT2D eigenvalue weighted by molar-refractivity contribution is -0.132. The first-order valence-electron chi connectivity index (χ1n) is 12.4. The molecule has 5 nitrogen and oxygen atoms in total. The highest BCUT2D eigenvalue weighted by Crippen LogP contribution is 2.55. The van der Waals surface area contributed by atoms with Crippen LogP contribution in [0.2, 0.25) is 0 Å². The summed E-state index contributed by atoms with van der Waals surface area (Å²) in [5.74, 6) is -4.00. The lowest BCUT2D eigenvalue weighted by atomic mass is 9.70. The predicted octanol–water partition coefficient (Wildman–Crippen LogP) is 5.84. The van der Waals surface area contributed by atoms with Gasteiger partial charge in [0.15, 0.2) is 0 Å². The molecule has 34 heavy (non-hydrogen) atoms. The van der Waals surface area contributed by atoms with Gasteiger partial charge in [-0.25, -0.2) is 13.6 Å². The van der Waals surface area contributed by atoms with E-state index in [4.69, 9.17) is 4.74 Å². The van der Waals surface area contributed by atoms with Crippen LogP contribution in [-0.2, 0) is 11.3 Å². The molecule has 3 unspecified atom stereocenters. The second-order valence-corrected chi connectivity index (χ2v) is 10.2. The lowest BCUT2D eigenvalue weighted by Crippen LogP contribution is -2.49. The second kappa shape index (κ2) is 8.52. The number of piperidine rings is 1. The number of halogens is 2. The number of allylic oxidation sites excluding steroid dienone is 1. The van der Waals surface area contributed by atoms with Gasteiger partial charge >= 0.3 is 5.97 Å². The Kier molecular flexibility index (Phi) is 5.47. The summed E-state index contributed by atoms with van der Waals surface area (Å²) >= 11 is 0. The number of rotatable bonds is 5. The molecule has 1 saturated carbocycles.